The quantitative estimate of drug-likeness (QED) is 0.946. The maximum absolute atomic E-state index is 10.4. The molecule has 2 aliphatic rings. The van der Waals surface area contributed by atoms with E-state index in [1.165, 1.54) is 17.8 Å². The van der Waals surface area contributed by atoms with Gasteiger partial charge in [-0.15, -0.1) is 0 Å². The van der Waals surface area contributed by atoms with Crippen LogP contribution in [0.4, 0.5) is 5.69 Å². The van der Waals surface area contributed by atoms with Gasteiger partial charge >= 0.3 is 0 Å². The van der Waals surface area contributed by atoms with Crippen LogP contribution in [0.3, 0.4) is 0 Å². The SMILES string of the molecule is OC(c1cc2n(n1)CCCN(c1ccncc1)C2)C1CCC1. The van der Waals surface area contributed by atoms with Crippen LogP contribution in [0.5, 0.6) is 0 Å². The first-order valence-electron chi connectivity index (χ1n) is 8.21. The summed E-state index contributed by atoms with van der Waals surface area (Å²) in [6.45, 7) is 2.79. The Morgan fingerprint density at radius 3 is 2.68 bits per heavy atom. The zero-order valence-electron chi connectivity index (χ0n) is 12.7. The van der Waals surface area contributed by atoms with Crippen molar-refractivity contribution in [2.24, 2.45) is 5.92 Å². The summed E-state index contributed by atoms with van der Waals surface area (Å²) in [5.41, 5.74) is 3.25. The number of anilines is 1. The van der Waals surface area contributed by atoms with Crippen LogP contribution in [0, 0.1) is 5.92 Å². The first-order valence-corrected chi connectivity index (χ1v) is 8.21. The number of fused-ring (bicyclic) bond motifs is 1. The highest BCUT2D eigenvalue weighted by molar-refractivity contribution is 5.45. The fourth-order valence-corrected chi connectivity index (χ4v) is 3.40. The van der Waals surface area contributed by atoms with Gasteiger partial charge in [0.2, 0.25) is 0 Å². The third-order valence-corrected chi connectivity index (χ3v) is 4.96. The van der Waals surface area contributed by atoms with E-state index in [1.807, 2.05) is 12.4 Å². The number of aryl methyl sites for hydroxylation is 1. The summed E-state index contributed by atoms with van der Waals surface area (Å²) in [7, 11) is 0. The second-order valence-electron chi connectivity index (χ2n) is 6.40. The number of nitrogens with zero attached hydrogens (tertiary/aromatic N) is 4. The van der Waals surface area contributed by atoms with Gasteiger partial charge in [0.15, 0.2) is 0 Å². The fraction of sp³-hybridized carbons (Fsp3) is 0.529. The molecule has 2 aromatic rings. The van der Waals surface area contributed by atoms with Gasteiger partial charge in [0.1, 0.15) is 6.10 Å². The van der Waals surface area contributed by atoms with Gasteiger partial charge in [0.05, 0.1) is 17.9 Å². The molecule has 1 N–H and O–H groups in total. The zero-order chi connectivity index (χ0) is 14.9. The highest BCUT2D eigenvalue weighted by Gasteiger charge is 2.29. The number of aromatic nitrogens is 3. The molecule has 1 aliphatic heterocycles. The van der Waals surface area contributed by atoms with E-state index in [1.54, 1.807) is 0 Å². The Labute approximate surface area is 130 Å². The van der Waals surface area contributed by atoms with Crippen LogP contribution in [0.2, 0.25) is 0 Å². The Morgan fingerprint density at radius 2 is 1.95 bits per heavy atom. The van der Waals surface area contributed by atoms with Crippen LogP contribution in [0.15, 0.2) is 30.6 Å². The minimum atomic E-state index is -0.387. The molecule has 1 saturated carbocycles. The Bertz CT molecular complexity index is 635. The molecule has 0 amide bonds. The Balaban J connectivity index is 1.57. The second-order valence-corrected chi connectivity index (χ2v) is 6.40. The molecule has 1 aliphatic carbocycles. The molecule has 0 radical (unpaired) electrons. The van der Waals surface area contributed by atoms with Crippen LogP contribution < -0.4 is 4.90 Å². The van der Waals surface area contributed by atoms with E-state index in [4.69, 9.17) is 0 Å². The lowest BCUT2D eigenvalue weighted by Crippen LogP contribution is -2.22. The zero-order valence-corrected chi connectivity index (χ0v) is 12.7. The van der Waals surface area contributed by atoms with Crippen LogP contribution in [-0.4, -0.2) is 26.4 Å². The lowest BCUT2D eigenvalue weighted by Gasteiger charge is -2.29. The lowest BCUT2D eigenvalue weighted by atomic mass is 9.80. The molecular formula is C17H22N4O. The van der Waals surface area contributed by atoms with Crippen LogP contribution in [0.1, 0.15) is 43.2 Å². The van der Waals surface area contributed by atoms with Crippen LogP contribution in [-0.2, 0) is 13.1 Å². The highest BCUT2D eigenvalue weighted by Crippen LogP contribution is 2.37. The van der Waals surface area contributed by atoms with Crippen molar-refractivity contribution < 1.29 is 5.11 Å². The number of hydrogen-bond donors (Lipinski definition) is 1. The van der Waals surface area contributed by atoms with Gasteiger partial charge in [-0.2, -0.15) is 5.10 Å². The van der Waals surface area contributed by atoms with E-state index in [-0.39, 0.29) is 6.10 Å². The molecule has 5 nitrogen and oxygen atoms in total. The van der Waals surface area contributed by atoms with Gasteiger partial charge in [-0.3, -0.25) is 9.67 Å². The molecule has 1 atom stereocenters. The maximum atomic E-state index is 10.4. The molecule has 3 heterocycles. The molecular weight excluding hydrogens is 276 g/mol. The summed E-state index contributed by atoms with van der Waals surface area (Å²) in [6, 6.07) is 6.20. The highest BCUT2D eigenvalue weighted by atomic mass is 16.3. The predicted molar refractivity (Wildman–Crippen MR) is 84.4 cm³/mol. The van der Waals surface area contributed by atoms with Crippen molar-refractivity contribution in [1.29, 1.82) is 0 Å². The van der Waals surface area contributed by atoms with Gasteiger partial charge in [-0.1, -0.05) is 6.42 Å². The van der Waals surface area contributed by atoms with Crippen molar-refractivity contribution >= 4 is 5.69 Å². The first-order chi connectivity index (χ1) is 10.8. The monoisotopic (exact) mass is 298 g/mol. The first kappa shape index (κ1) is 13.8. The molecule has 1 unspecified atom stereocenters. The molecule has 0 bridgehead atoms. The van der Waals surface area contributed by atoms with E-state index < -0.39 is 0 Å². The Kier molecular flexibility index (Phi) is 3.58. The summed E-state index contributed by atoms with van der Waals surface area (Å²) in [4.78, 5) is 6.46. The number of aliphatic hydroxyl groups excluding tert-OH is 1. The summed E-state index contributed by atoms with van der Waals surface area (Å²) in [5, 5.41) is 15.1. The maximum Gasteiger partial charge on any atom is 0.101 e. The minimum absolute atomic E-state index is 0.387. The topological polar surface area (TPSA) is 54.2 Å². The van der Waals surface area contributed by atoms with E-state index in [9.17, 15) is 5.11 Å². The normalized spacial score (nSPS) is 20.1. The smallest absolute Gasteiger partial charge is 0.101 e. The fourth-order valence-electron chi connectivity index (χ4n) is 3.40. The van der Waals surface area contributed by atoms with Crippen molar-refractivity contribution in [2.45, 2.75) is 44.9 Å². The third kappa shape index (κ3) is 2.50. The molecule has 0 aromatic carbocycles. The summed E-state index contributed by atoms with van der Waals surface area (Å²) in [6.07, 6.45) is 7.86. The minimum Gasteiger partial charge on any atom is -0.386 e. The largest absolute Gasteiger partial charge is 0.386 e. The van der Waals surface area contributed by atoms with Crippen LogP contribution in [0.25, 0.3) is 0 Å². The van der Waals surface area contributed by atoms with Gasteiger partial charge in [0.25, 0.3) is 0 Å². The second kappa shape index (κ2) is 5.72. The van der Waals surface area contributed by atoms with E-state index in [2.05, 4.69) is 37.9 Å². The number of aliphatic hydroxyl groups is 1. The molecule has 22 heavy (non-hydrogen) atoms. The van der Waals surface area contributed by atoms with Crippen LogP contribution >= 0.6 is 0 Å². The molecule has 0 spiro atoms. The van der Waals surface area contributed by atoms with Crippen molar-refractivity contribution in [3.05, 3.63) is 42.0 Å². The van der Waals surface area contributed by atoms with Crippen molar-refractivity contribution in [3.8, 4) is 0 Å². The Morgan fingerprint density at radius 1 is 1.14 bits per heavy atom. The number of pyridine rings is 1. The lowest BCUT2D eigenvalue weighted by molar-refractivity contribution is 0.0581. The summed E-state index contributed by atoms with van der Waals surface area (Å²) < 4.78 is 2.08. The average molecular weight is 298 g/mol. The average Bonchev–Trinajstić information content (AvgIpc) is 2.78. The number of hydrogen-bond acceptors (Lipinski definition) is 4. The number of rotatable bonds is 3. The standard InChI is InChI=1S/C17H22N4O/c22-17(13-3-1-4-13)16-11-15-12-20(9-2-10-21(15)19-16)14-5-7-18-8-6-14/h5-8,11,13,17,22H,1-4,9-10,12H2. The van der Waals surface area contributed by atoms with Crippen molar-refractivity contribution in [3.63, 3.8) is 0 Å². The summed E-state index contributed by atoms with van der Waals surface area (Å²) >= 11 is 0. The van der Waals surface area contributed by atoms with Gasteiger partial charge < -0.3 is 10.0 Å². The van der Waals surface area contributed by atoms with Crippen molar-refractivity contribution in [2.75, 3.05) is 11.4 Å². The van der Waals surface area contributed by atoms with E-state index in [0.29, 0.717) is 5.92 Å². The molecule has 2 aromatic heterocycles. The molecule has 4 rings (SSSR count). The van der Waals surface area contributed by atoms with Gasteiger partial charge in [0, 0.05) is 31.2 Å². The predicted octanol–water partition coefficient (Wildman–Crippen LogP) is 2.52. The molecule has 116 valence electrons. The Hall–Kier alpha value is -1.88. The van der Waals surface area contributed by atoms with Gasteiger partial charge in [-0.25, -0.2) is 0 Å². The third-order valence-electron chi connectivity index (χ3n) is 4.96. The van der Waals surface area contributed by atoms with E-state index in [0.717, 1.165) is 44.6 Å². The van der Waals surface area contributed by atoms with Gasteiger partial charge in [-0.05, 0) is 43.4 Å². The molecule has 0 saturated heterocycles. The van der Waals surface area contributed by atoms with E-state index >= 15 is 0 Å². The molecule has 1 fully saturated rings. The molecule has 5 heteroatoms. The summed E-state index contributed by atoms with van der Waals surface area (Å²) in [5.74, 6) is 0.412. The van der Waals surface area contributed by atoms with Crippen molar-refractivity contribution in [1.82, 2.24) is 14.8 Å².